The van der Waals surface area contributed by atoms with E-state index < -0.39 is 50.7 Å². The van der Waals surface area contributed by atoms with E-state index in [1.54, 1.807) is 13.8 Å². The zero-order chi connectivity index (χ0) is 16.4. The average Bonchev–Trinajstić information content (AvgIpc) is 2.38. The summed E-state index contributed by atoms with van der Waals surface area (Å²) in [7, 11) is -4.51. The Kier molecular flexibility index (Phi) is 5.37. The minimum atomic E-state index is -4.51. The SMILES string of the molecule is CC(C)[C@@H](CO)NS(=O)(=O)c1cc(C(=O)O)cc(F)c1F. The summed E-state index contributed by atoms with van der Waals surface area (Å²) < 4.78 is 53.1. The Morgan fingerprint density at radius 1 is 1.33 bits per heavy atom. The van der Waals surface area contributed by atoms with Gasteiger partial charge >= 0.3 is 5.97 Å². The van der Waals surface area contributed by atoms with Crippen LogP contribution in [0.25, 0.3) is 0 Å². The van der Waals surface area contributed by atoms with Crippen LogP contribution in [0.1, 0.15) is 24.2 Å². The van der Waals surface area contributed by atoms with Crippen LogP contribution in [0, 0.1) is 17.6 Å². The highest BCUT2D eigenvalue weighted by molar-refractivity contribution is 7.89. The van der Waals surface area contributed by atoms with E-state index in [4.69, 9.17) is 10.2 Å². The predicted octanol–water partition coefficient (Wildman–Crippen LogP) is 0.958. The van der Waals surface area contributed by atoms with Crippen LogP contribution in [-0.4, -0.2) is 37.2 Å². The molecule has 0 aliphatic heterocycles. The molecule has 1 aromatic rings. The molecule has 0 amide bonds. The van der Waals surface area contributed by atoms with Crippen LogP contribution < -0.4 is 4.72 Å². The van der Waals surface area contributed by atoms with E-state index in [0.29, 0.717) is 12.1 Å². The molecule has 0 aromatic heterocycles. The van der Waals surface area contributed by atoms with Gasteiger partial charge in [0.15, 0.2) is 11.6 Å². The Balaban J connectivity index is 3.34. The molecule has 6 nitrogen and oxygen atoms in total. The van der Waals surface area contributed by atoms with Crippen molar-refractivity contribution >= 4 is 16.0 Å². The van der Waals surface area contributed by atoms with E-state index in [1.165, 1.54) is 0 Å². The third kappa shape index (κ3) is 3.96. The lowest BCUT2D eigenvalue weighted by Crippen LogP contribution is -2.41. The zero-order valence-corrected chi connectivity index (χ0v) is 12.1. The number of halogens is 2. The number of hydrogen-bond donors (Lipinski definition) is 3. The second kappa shape index (κ2) is 6.46. The van der Waals surface area contributed by atoms with E-state index in [1.807, 2.05) is 4.72 Å². The van der Waals surface area contributed by atoms with Gasteiger partial charge in [-0.15, -0.1) is 0 Å². The molecule has 0 spiro atoms. The van der Waals surface area contributed by atoms with Crippen molar-refractivity contribution in [2.24, 2.45) is 5.92 Å². The lowest BCUT2D eigenvalue weighted by atomic mass is 10.1. The first-order valence-electron chi connectivity index (χ1n) is 5.95. The highest BCUT2D eigenvalue weighted by Crippen LogP contribution is 2.21. The van der Waals surface area contributed by atoms with E-state index >= 15 is 0 Å². The first-order valence-corrected chi connectivity index (χ1v) is 7.44. The summed E-state index contributed by atoms with van der Waals surface area (Å²) in [5.41, 5.74) is -0.695. The van der Waals surface area contributed by atoms with E-state index in [9.17, 15) is 22.0 Å². The standard InChI is InChI=1S/C12H15F2NO5S/c1-6(2)9(5-16)15-21(19,20)10-4-7(12(17)18)3-8(13)11(10)14/h3-4,6,9,15-16H,5H2,1-2H3,(H,17,18)/t9-/m1/s1. The number of benzene rings is 1. The van der Waals surface area contributed by atoms with Crippen LogP contribution in [0.2, 0.25) is 0 Å². The van der Waals surface area contributed by atoms with Gasteiger partial charge < -0.3 is 10.2 Å². The molecular weight excluding hydrogens is 308 g/mol. The van der Waals surface area contributed by atoms with Gasteiger partial charge in [-0.05, 0) is 18.1 Å². The number of sulfonamides is 1. The maximum Gasteiger partial charge on any atom is 0.335 e. The number of aliphatic hydroxyl groups excluding tert-OH is 1. The quantitative estimate of drug-likeness (QED) is 0.723. The van der Waals surface area contributed by atoms with Gasteiger partial charge in [0, 0.05) is 6.04 Å². The number of carboxylic acids is 1. The molecule has 118 valence electrons. The van der Waals surface area contributed by atoms with Gasteiger partial charge in [0.2, 0.25) is 10.0 Å². The minimum Gasteiger partial charge on any atom is -0.478 e. The molecule has 0 aliphatic rings. The van der Waals surface area contributed by atoms with Gasteiger partial charge in [0.1, 0.15) is 4.90 Å². The molecule has 0 radical (unpaired) electrons. The molecule has 1 atom stereocenters. The van der Waals surface area contributed by atoms with Crippen molar-refractivity contribution in [2.45, 2.75) is 24.8 Å². The summed E-state index contributed by atoms with van der Waals surface area (Å²) >= 11 is 0. The van der Waals surface area contributed by atoms with Gasteiger partial charge in [-0.2, -0.15) is 0 Å². The van der Waals surface area contributed by atoms with E-state index in [2.05, 4.69) is 0 Å². The second-order valence-electron chi connectivity index (χ2n) is 4.73. The highest BCUT2D eigenvalue weighted by atomic mass is 32.2. The summed E-state index contributed by atoms with van der Waals surface area (Å²) in [4.78, 5) is 9.67. The van der Waals surface area contributed by atoms with Gasteiger partial charge in [-0.1, -0.05) is 13.8 Å². The second-order valence-corrected chi connectivity index (χ2v) is 6.41. The van der Waals surface area contributed by atoms with Crippen LogP contribution in [0.3, 0.4) is 0 Å². The largest absolute Gasteiger partial charge is 0.478 e. The molecule has 0 saturated carbocycles. The highest BCUT2D eigenvalue weighted by Gasteiger charge is 2.28. The smallest absolute Gasteiger partial charge is 0.335 e. The molecule has 0 heterocycles. The summed E-state index contributed by atoms with van der Waals surface area (Å²) in [5.74, 6) is -5.15. The van der Waals surface area contributed by atoms with Crippen molar-refractivity contribution in [3.05, 3.63) is 29.3 Å². The molecule has 9 heteroatoms. The van der Waals surface area contributed by atoms with Crippen molar-refractivity contribution in [1.29, 1.82) is 0 Å². The van der Waals surface area contributed by atoms with Crippen molar-refractivity contribution in [3.63, 3.8) is 0 Å². The molecular formula is C12H15F2NO5S. The Labute approximate surface area is 120 Å². The molecule has 0 fully saturated rings. The normalized spacial score (nSPS) is 13.4. The third-order valence-electron chi connectivity index (χ3n) is 2.84. The molecule has 0 aliphatic carbocycles. The first kappa shape index (κ1) is 17.5. The van der Waals surface area contributed by atoms with Gasteiger partial charge in [0.05, 0.1) is 12.2 Å². The minimum absolute atomic E-state index is 0.305. The number of carboxylic acid groups (broad SMARTS) is 1. The number of rotatable bonds is 6. The number of aromatic carboxylic acids is 1. The number of hydrogen-bond acceptors (Lipinski definition) is 4. The lowest BCUT2D eigenvalue weighted by molar-refractivity contribution is 0.0696. The maximum atomic E-state index is 13.6. The van der Waals surface area contributed by atoms with Crippen LogP contribution in [-0.2, 0) is 10.0 Å². The Morgan fingerprint density at radius 3 is 2.33 bits per heavy atom. The van der Waals surface area contributed by atoms with Gasteiger partial charge in [0.25, 0.3) is 0 Å². The Bertz CT molecular complexity index is 645. The molecule has 0 unspecified atom stereocenters. The molecule has 0 bridgehead atoms. The fourth-order valence-corrected chi connectivity index (χ4v) is 3.02. The zero-order valence-electron chi connectivity index (χ0n) is 11.3. The van der Waals surface area contributed by atoms with E-state index in [0.717, 1.165) is 0 Å². The fourth-order valence-electron chi connectivity index (χ4n) is 1.53. The van der Waals surface area contributed by atoms with E-state index in [-0.39, 0.29) is 5.92 Å². The van der Waals surface area contributed by atoms with Gasteiger partial charge in [-0.3, -0.25) is 0 Å². The number of nitrogens with one attached hydrogen (secondary N) is 1. The average molecular weight is 323 g/mol. The van der Waals surface area contributed by atoms with Crippen molar-refractivity contribution < 1.29 is 32.2 Å². The molecule has 0 saturated heterocycles. The first-order chi connectivity index (χ1) is 9.60. The van der Waals surface area contributed by atoms with Gasteiger partial charge in [-0.25, -0.2) is 26.7 Å². The van der Waals surface area contributed by atoms with Crippen LogP contribution >= 0.6 is 0 Å². The van der Waals surface area contributed by atoms with Crippen molar-refractivity contribution in [1.82, 2.24) is 4.72 Å². The van der Waals surface area contributed by atoms with Crippen LogP contribution in [0.4, 0.5) is 8.78 Å². The number of aliphatic hydroxyl groups is 1. The summed E-state index contributed by atoms with van der Waals surface area (Å²) in [6.45, 7) is 2.70. The monoisotopic (exact) mass is 323 g/mol. The Morgan fingerprint density at radius 2 is 1.90 bits per heavy atom. The van der Waals surface area contributed by atoms with Crippen LogP contribution in [0.5, 0.6) is 0 Å². The molecule has 1 aromatic carbocycles. The molecule has 3 N–H and O–H groups in total. The molecule has 1 rings (SSSR count). The van der Waals surface area contributed by atoms with Crippen molar-refractivity contribution in [2.75, 3.05) is 6.61 Å². The van der Waals surface area contributed by atoms with Crippen molar-refractivity contribution in [3.8, 4) is 0 Å². The summed E-state index contributed by atoms with van der Waals surface area (Å²) in [6, 6.07) is 0.00600. The Hall–Kier alpha value is -1.58. The predicted molar refractivity (Wildman–Crippen MR) is 69.4 cm³/mol. The summed E-state index contributed by atoms with van der Waals surface area (Å²) in [5, 5.41) is 17.8. The molecule has 21 heavy (non-hydrogen) atoms. The summed E-state index contributed by atoms with van der Waals surface area (Å²) in [6.07, 6.45) is 0. The topological polar surface area (TPSA) is 104 Å². The lowest BCUT2D eigenvalue weighted by Gasteiger charge is -2.20. The maximum absolute atomic E-state index is 13.6. The van der Waals surface area contributed by atoms with Crippen LogP contribution in [0.15, 0.2) is 17.0 Å². The fraction of sp³-hybridized carbons (Fsp3) is 0.417. The number of carbonyl (C=O) groups is 1. The third-order valence-corrected chi connectivity index (χ3v) is 4.33.